The molecule has 0 amide bonds. The zero-order valence-corrected chi connectivity index (χ0v) is 19.6. The molecule has 0 aromatic heterocycles. The standard InChI is InChI=1S/C25H33NO3S/c1-25(2,3)20-11-7-18(8-12-20)23-22(15-19(24(23)27)16-26(4)5)17-9-13-21(14-10-17)30(6,28)29/h7-14,19,24,27H,15-16H2,1-6H3. The van der Waals surface area contributed by atoms with Crippen LogP contribution in [0.5, 0.6) is 0 Å². The van der Waals surface area contributed by atoms with Gasteiger partial charge >= 0.3 is 0 Å². The van der Waals surface area contributed by atoms with Gasteiger partial charge in [-0.1, -0.05) is 57.2 Å². The summed E-state index contributed by atoms with van der Waals surface area (Å²) in [4.78, 5) is 2.41. The van der Waals surface area contributed by atoms with Gasteiger partial charge in [0.2, 0.25) is 0 Å². The maximum Gasteiger partial charge on any atom is 0.175 e. The maximum absolute atomic E-state index is 11.8. The fourth-order valence-corrected chi connectivity index (χ4v) is 4.83. The molecule has 2 aromatic rings. The van der Waals surface area contributed by atoms with Crippen LogP contribution in [-0.2, 0) is 15.3 Å². The summed E-state index contributed by atoms with van der Waals surface area (Å²) in [6.45, 7) is 7.35. The van der Waals surface area contributed by atoms with Gasteiger partial charge < -0.3 is 10.0 Å². The van der Waals surface area contributed by atoms with E-state index in [4.69, 9.17) is 0 Å². The van der Waals surface area contributed by atoms with Gasteiger partial charge in [0.15, 0.2) is 9.84 Å². The Labute approximate surface area is 181 Å². The molecule has 0 aliphatic heterocycles. The van der Waals surface area contributed by atoms with Crippen LogP contribution in [0.15, 0.2) is 53.4 Å². The highest BCUT2D eigenvalue weighted by atomic mass is 32.2. The SMILES string of the molecule is CN(C)CC1CC(c2ccc(S(C)(=O)=O)cc2)=C(c2ccc(C(C)(C)C)cc2)C1O. The molecule has 1 aliphatic rings. The van der Waals surface area contributed by atoms with Gasteiger partial charge in [0.25, 0.3) is 0 Å². The molecule has 2 aromatic carbocycles. The summed E-state index contributed by atoms with van der Waals surface area (Å²) in [6.07, 6.45) is 1.42. The van der Waals surface area contributed by atoms with E-state index in [0.717, 1.165) is 35.2 Å². The number of hydrogen-bond acceptors (Lipinski definition) is 4. The van der Waals surface area contributed by atoms with Crippen molar-refractivity contribution in [3.05, 3.63) is 65.2 Å². The molecule has 0 fully saturated rings. The van der Waals surface area contributed by atoms with Gasteiger partial charge in [-0.2, -0.15) is 0 Å². The summed E-state index contributed by atoms with van der Waals surface area (Å²) in [5, 5.41) is 11.2. The molecule has 5 heteroatoms. The highest BCUT2D eigenvalue weighted by Crippen LogP contribution is 2.44. The second-order valence-corrected chi connectivity index (χ2v) is 11.7. The van der Waals surface area contributed by atoms with Crippen molar-refractivity contribution in [1.29, 1.82) is 0 Å². The van der Waals surface area contributed by atoms with Crippen LogP contribution in [0, 0.1) is 5.92 Å². The van der Waals surface area contributed by atoms with Crippen LogP contribution < -0.4 is 0 Å². The molecular formula is C25H33NO3S. The first-order valence-electron chi connectivity index (χ1n) is 10.3. The van der Waals surface area contributed by atoms with Crippen LogP contribution in [0.1, 0.15) is 43.9 Å². The minimum Gasteiger partial charge on any atom is -0.388 e. The Bertz CT molecular complexity index is 1030. The summed E-state index contributed by atoms with van der Waals surface area (Å²) in [5.74, 6) is 0.0990. The average Bonchev–Trinajstić information content (AvgIpc) is 2.96. The minimum absolute atomic E-state index is 0.0684. The quantitative estimate of drug-likeness (QED) is 0.775. The summed E-state index contributed by atoms with van der Waals surface area (Å²) < 4.78 is 23.7. The highest BCUT2D eigenvalue weighted by molar-refractivity contribution is 7.90. The molecule has 0 bridgehead atoms. The molecule has 1 N–H and O–H groups in total. The van der Waals surface area contributed by atoms with Crippen molar-refractivity contribution in [2.45, 2.75) is 43.6 Å². The molecule has 162 valence electrons. The number of benzene rings is 2. The van der Waals surface area contributed by atoms with Gasteiger partial charge in [0, 0.05) is 18.7 Å². The van der Waals surface area contributed by atoms with E-state index in [0.29, 0.717) is 4.90 Å². The lowest BCUT2D eigenvalue weighted by atomic mass is 9.85. The van der Waals surface area contributed by atoms with Gasteiger partial charge in [-0.3, -0.25) is 0 Å². The van der Waals surface area contributed by atoms with E-state index in [1.807, 2.05) is 26.2 Å². The van der Waals surface area contributed by atoms with E-state index < -0.39 is 15.9 Å². The summed E-state index contributed by atoms with van der Waals surface area (Å²) in [7, 11) is 0.797. The van der Waals surface area contributed by atoms with Gasteiger partial charge in [-0.05, 0) is 65.9 Å². The van der Waals surface area contributed by atoms with Gasteiger partial charge in [-0.25, -0.2) is 8.42 Å². The first-order valence-corrected chi connectivity index (χ1v) is 12.2. The van der Waals surface area contributed by atoms with Crippen molar-refractivity contribution in [3.8, 4) is 0 Å². The molecule has 0 heterocycles. The Morgan fingerprint density at radius 3 is 1.97 bits per heavy atom. The van der Waals surface area contributed by atoms with E-state index in [1.165, 1.54) is 11.8 Å². The number of sulfone groups is 1. The molecule has 2 unspecified atom stereocenters. The van der Waals surface area contributed by atoms with E-state index in [9.17, 15) is 13.5 Å². The monoisotopic (exact) mass is 427 g/mol. The lowest BCUT2D eigenvalue weighted by molar-refractivity contribution is 0.149. The molecule has 0 saturated heterocycles. The lowest BCUT2D eigenvalue weighted by Gasteiger charge is -2.22. The molecule has 1 aliphatic carbocycles. The van der Waals surface area contributed by atoms with Crippen LogP contribution in [0.2, 0.25) is 0 Å². The van der Waals surface area contributed by atoms with E-state index >= 15 is 0 Å². The number of rotatable bonds is 5. The van der Waals surface area contributed by atoms with Gasteiger partial charge in [0.1, 0.15) is 0 Å². The molecule has 0 spiro atoms. The number of allylic oxidation sites excluding steroid dienone is 1. The molecule has 0 radical (unpaired) electrons. The zero-order chi connectivity index (χ0) is 22.3. The number of aliphatic hydroxyl groups excluding tert-OH is 1. The zero-order valence-electron chi connectivity index (χ0n) is 18.8. The van der Waals surface area contributed by atoms with Crippen molar-refractivity contribution in [1.82, 2.24) is 4.90 Å². The number of hydrogen-bond donors (Lipinski definition) is 1. The number of nitrogens with zero attached hydrogens (tertiary/aromatic N) is 1. The predicted octanol–water partition coefficient (Wildman–Crippen LogP) is 4.24. The van der Waals surface area contributed by atoms with E-state index in [2.05, 4.69) is 49.9 Å². The highest BCUT2D eigenvalue weighted by Gasteiger charge is 2.35. The molecule has 3 rings (SSSR count). The first-order chi connectivity index (χ1) is 13.9. The molecule has 0 saturated carbocycles. The molecule has 30 heavy (non-hydrogen) atoms. The van der Waals surface area contributed by atoms with Gasteiger partial charge in [-0.15, -0.1) is 0 Å². The Hall–Kier alpha value is -1.95. The van der Waals surface area contributed by atoms with Crippen molar-refractivity contribution in [2.24, 2.45) is 5.92 Å². The second kappa shape index (κ2) is 8.29. The van der Waals surface area contributed by atoms with Crippen molar-refractivity contribution in [2.75, 3.05) is 26.9 Å². The Kier molecular flexibility index (Phi) is 6.28. The minimum atomic E-state index is -3.24. The largest absolute Gasteiger partial charge is 0.388 e. The molecule has 4 nitrogen and oxygen atoms in total. The summed E-state index contributed by atoms with van der Waals surface area (Å²) >= 11 is 0. The van der Waals surface area contributed by atoms with Crippen LogP contribution in [-0.4, -0.2) is 51.4 Å². The average molecular weight is 428 g/mol. The van der Waals surface area contributed by atoms with E-state index in [-0.39, 0.29) is 11.3 Å². The summed E-state index contributed by atoms with van der Waals surface area (Å²) in [5.41, 5.74) is 5.37. The van der Waals surface area contributed by atoms with Crippen LogP contribution in [0.4, 0.5) is 0 Å². The fourth-order valence-electron chi connectivity index (χ4n) is 4.20. The topological polar surface area (TPSA) is 57.6 Å². The smallest absolute Gasteiger partial charge is 0.175 e. The fraction of sp³-hybridized carbons (Fsp3) is 0.440. The van der Waals surface area contributed by atoms with Crippen molar-refractivity contribution in [3.63, 3.8) is 0 Å². The Balaban J connectivity index is 2.07. The third kappa shape index (κ3) is 4.85. The Morgan fingerprint density at radius 2 is 1.50 bits per heavy atom. The van der Waals surface area contributed by atoms with E-state index in [1.54, 1.807) is 12.1 Å². The van der Waals surface area contributed by atoms with Crippen LogP contribution >= 0.6 is 0 Å². The normalized spacial score (nSPS) is 20.3. The first kappa shape index (κ1) is 22.7. The Morgan fingerprint density at radius 1 is 0.967 bits per heavy atom. The predicted molar refractivity (Wildman–Crippen MR) is 124 cm³/mol. The summed E-state index contributed by atoms with van der Waals surface area (Å²) in [6, 6.07) is 15.5. The maximum atomic E-state index is 11.8. The lowest BCUT2D eigenvalue weighted by Crippen LogP contribution is -2.28. The van der Waals surface area contributed by atoms with Crippen molar-refractivity contribution >= 4 is 21.0 Å². The third-order valence-corrected chi connectivity index (χ3v) is 6.95. The second-order valence-electron chi connectivity index (χ2n) is 9.69. The molecular weight excluding hydrogens is 394 g/mol. The van der Waals surface area contributed by atoms with Crippen LogP contribution in [0.25, 0.3) is 11.1 Å². The van der Waals surface area contributed by atoms with Gasteiger partial charge in [0.05, 0.1) is 11.0 Å². The number of aliphatic hydroxyl groups is 1. The van der Waals surface area contributed by atoms with Crippen molar-refractivity contribution < 1.29 is 13.5 Å². The van der Waals surface area contributed by atoms with Crippen LogP contribution in [0.3, 0.4) is 0 Å². The third-order valence-electron chi connectivity index (χ3n) is 5.83. The molecule has 2 atom stereocenters.